The van der Waals surface area contributed by atoms with Crippen molar-refractivity contribution >= 4 is 0 Å². The second-order valence-corrected chi connectivity index (χ2v) is 5.22. The molecule has 0 aromatic heterocycles. The number of benzene rings is 2. The van der Waals surface area contributed by atoms with Gasteiger partial charge < -0.3 is 19.9 Å². The molecule has 0 fully saturated rings. The zero-order valence-corrected chi connectivity index (χ0v) is 12.0. The Labute approximate surface area is 124 Å². The lowest BCUT2D eigenvalue weighted by molar-refractivity contribution is 0.185. The summed E-state index contributed by atoms with van der Waals surface area (Å²) >= 11 is 0. The first-order valence-electron chi connectivity index (χ1n) is 7.02. The van der Waals surface area contributed by atoms with Crippen LogP contribution >= 0.6 is 0 Å². The fraction of sp³-hybridized carbons (Fsp3) is 0.294. The maximum atomic E-state index is 9.46. The van der Waals surface area contributed by atoms with E-state index in [-0.39, 0.29) is 11.8 Å². The maximum Gasteiger partial charge on any atom is 0.127 e. The van der Waals surface area contributed by atoms with Crippen molar-refractivity contribution in [2.45, 2.75) is 19.2 Å². The van der Waals surface area contributed by atoms with E-state index in [1.165, 1.54) is 11.1 Å². The lowest BCUT2D eigenvalue weighted by atomic mass is 10.1. The molecule has 0 radical (unpaired) electrons. The van der Waals surface area contributed by atoms with E-state index in [0.29, 0.717) is 13.2 Å². The Morgan fingerprint density at radius 2 is 2.10 bits per heavy atom. The summed E-state index contributed by atoms with van der Waals surface area (Å²) in [4.78, 5) is 0. The summed E-state index contributed by atoms with van der Waals surface area (Å²) in [5.41, 5.74) is 3.49. The van der Waals surface area contributed by atoms with Crippen LogP contribution in [0.25, 0.3) is 0 Å². The standard InChI is InChI=1S/C17H19NO3/c1-20-10-13-4-2-3-12(7-13)9-18-16-11-21-17-8-14(19)5-6-15(16)17/h2-8,16,18-19H,9-11H2,1H3. The van der Waals surface area contributed by atoms with Crippen LogP contribution in [-0.2, 0) is 17.9 Å². The largest absolute Gasteiger partial charge is 0.508 e. The number of hydrogen-bond acceptors (Lipinski definition) is 4. The number of nitrogens with one attached hydrogen (secondary N) is 1. The van der Waals surface area contributed by atoms with Crippen LogP contribution in [0.2, 0.25) is 0 Å². The van der Waals surface area contributed by atoms with Crippen LogP contribution in [-0.4, -0.2) is 18.8 Å². The predicted molar refractivity (Wildman–Crippen MR) is 80.3 cm³/mol. The molecule has 4 nitrogen and oxygen atoms in total. The topological polar surface area (TPSA) is 50.7 Å². The molecule has 0 amide bonds. The molecule has 0 saturated carbocycles. The molecule has 2 aromatic carbocycles. The van der Waals surface area contributed by atoms with E-state index in [9.17, 15) is 5.11 Å². The second kappa shape index (κ2) is 6.16. The van der Waals surface area contributed by atoms with Gasteiger partial charge >= 0.3 is 0 Å². The minimum absolute atomic E-state index is 0.159. The molecular weight excluding hydrogens is 266 g/mol. The normalized spacial score (nSPS) is 16.5. The van der Waals surface area contributed by atoms with Gasteiger partial charge in [0.2, 0.25) is 0 Å². The minimum atomic E-state index is 0.159. The summed E-state index contributed by atoms with van der Waals surface area (Å²) in [6, 6.07) is 13.8. The Morgan fingerprint density at radius 3 is 2.95 bits per heavy atom. The van der Waals surface area contributed by atoms with Crippen LogP contribution in [0.3, 0.4) is 0 Å². The Hall–Kier alpha value is -2.04. The summed E-state index contributed by atoms with van der Waals surface area (Å²) < 4.78 is 10.8. The van der Waals surface area contributed by atoms with E-state index in [1.807, 2.05) is 12.1 Å². The molecule has 4 heteroatoms. The fourth-order valence-electron chi connectivity index (χ4n) is 2.60. The van der Waals surface area contributed by atoms with Gasteiger partial charge in [-0.3, -0.25) is 0 Å². The molecule has 0 bridgehead atoms. The highest BCUT2D eigenvalue weighted by molar-refractivity contribution is 5.44. The molecular formula is C17H19NO3. The number of phenols is 1. The third-order valence-corrected chi connectivity index (χ3v) is 3.63. The first-order valence-corrected chi connectivity index (χ1v) is 7.02. The Balaban J connectivity index is 1.65. The lowest BCUT2D eigenvalue weighted by Crippen LogP contribution is -2.22. The second-order valence-electron chi connectivity index (χ2n) is 5.22. The number of methoxy groups -OCH3 is 1. The van der Waals surface area contributed by atoms with Gasteiger partial charge in [-0.1, -0.05) is 24.3 Å². The summed E-state index contributed by atoms with van der Waals surface area (Å²) in [7, 11) is 1.70. The van der Waals surface area contributed by atoms with Crippen LogP contribution < -0.4 is 10.1 Å². The summed E-state index contributed by atoms with van der Waals surface area (Å²) in [6.07, 6.45) is 0. The third-order valence-electron chi connectivity index (χ3n) is 3.63. The summed E-state index contributed by atoms with van der Waals surface area (Å²) in [6.45, 7) is 1.99. The van der Waals surface area contributed by atoms with Crippen LogP contribution in [0.5, 0.6) is 11.5 Å². The Bertz CT molecular complexity index is 627. The molecule has 1 heterocycles. The van der Waals surface area contributed by atoms with E-state index >= 15 is 0 Å². The van der Waals surface area contributed by atoms with Crippen molar-refractivity contribution in [2.75, 3.05) is 13.7 Å². The third kappa shape index (κ3) is 3.17. The molecule has 0 spiro atoms. The average molecular weight is 285 g/mol. The zero-order valence-electron chi connectivity index (χ0n) is 12.0. The van der Waals surface area contributed by atoms with Gasteiger partial charge in [0, 0.05) is 25.3 Å². The molecule has 110 valence electrons. The van der Waals surface area contributed by atoms with E-state index in [1.54, 1.807) is 19.2 Å². The molecule has 1 aliphatic rings. The van der Waals surface area contributed by atoms with Gasteiger partial charge in [0.25, 0.3) is 0 Å². The Morgan fingerprint density at radius 1 is 1.24 bits per heavy atom. The van der Waals surface area contributed by atoms with Crippen molar-refractivity contribution in [3.05, 3.63) is 59.2 Å². The molecule has 3 rings (SSSR count). The molecule has 0 aliphatic carbocycles. The molecule has 1 aliphatic heterocycles. The summed E-state index contributed by atoms with van der Waals surface area (Å²) in [5, 5.41) is 13.0. The van der Waals surface area contributed by atoms with E-state index < -0.39 is 0 Å². The summed E-state index contributed by atoms with van der Waals surface area (Å²) in [5.74, 6) is 1.00. The highest BCUT2D eigenvalue weighted by Crippen LogP contribution is 2.34. The highest BCUT2D eigenvalue weighted by atomic mass is 16.5. The monoisotopic (exact) mass is 285 g/mol. The number of phenolic OH excluding ortho intramolecular Hbond substituents is 1. The van der Waals surface area contributed by atoms with Crippen molar-refractivity contribution in [1.82, 2.24) is 5.32 Å². The number of aromatic hydroxyl groups is 1. The van der Waals surface area contributed by atoms with Gasteiger partial charge in [-0.25, -0.2) is 0 Å². The molecule has 21 heavy (non-hydrogen) atoms. The molecule has 2 aromatic rings. The fourth-order valence-corrected chi connectivity index (χ4v) is 2.60. The van der Waals surface area contributed by atoms with Gasteiger partial charge in [-0.05, 0) is 23.3 Å². The first kappa shape index (κ1) is 13.9. The molecule has 0 saturated heterocycles. The van der Waals surface area contributed by atoms with E-state index in [2.05, 4.69) is 23.5 Å². The van der Waals surface area contributed by atoms with Gasteiger partial charge in [-0.15, -0.1) is 0 Å². The van der Waals surface area contributed by atoms with Crippen LogP contribution in [0.4, 0.5) is 0 Å². The highest BCUT2D eigenvalue weighted by Gasteiger charge is 2.23. The van der Waals surface area contributed by atoms with Crippen LogP contribution in [0, 0.1) is 0 Å². The van der Waals surface area contributed by atoms with Crippen molar-refractivity contribution in [3.8, 4) is 11.5 Å². The molecule has 1 atom stereocenters. The van der Waals surface area contributed by atoms with Gasteiger partial charge in [-0.2, -0.15) is 0 Å². The SMILES string of the molecule is COCc1cccc(CNC2COc3cc(O)ccc32)c1. The van der Waals surface area contributed by atoms with E-state index in [0.717, 1.165) is 17.9 Å². The number of ether oxygens (including phenoxy) is 2. The van der Waals surface area contributed by atoms with Crippen molar-refractivity contribution in [3.63, 3.8) is 0 Å². The number of fused-ring (bicyclic) bond motifs is 1. The smallest absolute Gasteiger partial charge is 0.127 e. The van der Waals surface area contributed by atoms with Crippen molar-refractivity contribution < 1.29 is 14.6 Å². The van der Waals surface area contributed by atoms with Gasteiger partial charge in [0.15, 0.2) is 0 Å². The van der Waals surface area contributed by atoms with Crippen LogP contribution in [0.15, 0.2) is 42.5 Å². The van der Waals surface area contributed by atoms with Gasteiger partial charge in [0.1, 0.15) is 18.1 Å². The Kier molecular flexibility index (Phi) is 4.08. The van der Waals surface area contributed by atoms with Gasteiger partial charge in [0.05, 0.1) is 12.6 Å². The first-order chi connectivity index (χ1) is 10.3. The van der Waals surface area contributed by atoms with E-state index in [4.69, 9.17) is 9.47 Å². The number of hydrogen-bond donors (Lipinski definition) is 2. The van der Waals surface area contributed by atoms with Crippen LogP contribution in [0.1, 0.15) is 22.7 Å². The quantitative estimate of drug-likeness (QED) is 0.887. The zero-order chi connectivity index (χ0) is 14.7. The molecule has 1 unspecified atom stereocenters. The average Bonchev–Trinajstić information content (AvgIpc) is 2.88. The minimum Gasteiger partial charge on any atom is -0.508 e. The number of rotatable bonds is 5. The lowest BCUT2D eigenvalue weighted by Gasteiger charge is -2.12. The molecule has 2 N–H and O–H groups in total. The predicted octanol–water partition coefficient (Wildman–Crippen LogP) is 2.76. The van der Waals surface area contributed by atoms with Crippen molar-refractivity contribution in [1.29, 1.82) is 0 Å². The van der Waals surface area contributed by atoms with Crippen molar-refractivity contribution in [2.24, 2.45) is 0 Å². The maximum absolute atomic E-state index is 9.46.